The van der Waals surface area contributed by atoms with E-state index in [0.29, 0.717) is 0 Å². The molecular weight excluding hydrogens is 260 g/mol. The Morgan fingerprint density at radius 1 is 1.00 bits per heavy atom. The predicted molar refractivity (Wildman–Crippen MR) is 72.6 cm³/mol. The molecule has 0 radical (unpaired) electrons. The van der Waals surface area contributed by atoms with Gasteiger partial charge in [0.25, 0.3) is 0 Å². The average Bonchev–Trinajstić information content (AvgIpc) is 3.18. The molecule has 0 bridgehead atoms. The molecule has 94 valence electrons. The summed E-state index contributed by atoms with van der Waals surface area (Å²) >= 11 is -0.777. The maximum Gasteiger partial charge on any atom is 0.108 e. The maximum absolute atomic E-state index is 4.42. The number of hydrogen-bond donors (Lipinski definition) is 3. The Bertz CT molecular complexity index is 732. The Labute approximate surface area is 111 Å². The molecule has 0 saturated carbocycles. The summed E-state index contributed by atoms with van der Waals surface area (Å²) < 4.78 is 4.42. The summed E-state index contributed by atoms with van der Waals surface area (Å²) in [6, 6.07) is 6.15. The number of H-pyrrole nitrogens is 2. The summed E-state index contributed by atoms with van der Waals surface area (Å²) in [6.07, 6.45) is 7.35. The third-order valence-electron chi connectivity index (χ3n) is 3.01. The zero-order valence-electron chi connectivity index (χ0n) is 9.78. The maximum atomic E-state index is 4.42. The Morgan fingerprint density at radius 2 is 1.89 bits per heavy atom. The first-order valence-corrected chi connectivity index (χ1v) is 7.05. The molecule has 0 amide bonds. The lowest BCUT2D eigenvalue weighted by Gasteiger charge is -2.10. The molecule has 3 aromatic rings. The van der Waals surface area contributed by atoms with E-state index in [1.165, 1.54) is 0 Å². The van der Waals surface area contributed by atoms with Crippen molar-refractivity contribution in [1.29, 1.82) is 0 Å². The van der Waals surface area contributed by atoms with Crippen molar-refractivity contribution in [3.05, 3.63) is 43.0 Å². The molecule has 0 fully saturated rings. The number of aromatic nitrogens is 4. The Balaban J connectivity index is 1.87. The van der Waals surface area contributed by atoms with Crippen molar-refractivity contribution in [1.82, 2.24) is 20.4 Å². The molecule has 1 aliphatic rings. The summed E-state index contributed by atoms with van der Waals surface area (Å²) in [5.74, 6) is 0. The van der Waals surface area contributed by atoms with Crippen LogP contribution >= 0.6 is 11.1 Å². The van der Waals surface area contributed by atoms with Crippen molar-refractivity contribution in [3.63, 3.8) is 0 Å². The van der Waals surface area contributed by atoms with E-state index < -0.39 is 11.1 Å². The third kappa shape index (κ3) is 1.59. The van der Waals surface area contributed by atoms with E-state index in [1.54, 1.807) is 6.20 Å². The number of benzene rings is 1. The molecule has 1 aliphatic heterocycles. The zero-order valence-corrected chi connectivity index (χ0v) is 10.7. The second-order valence-corrected chi connectivity index (χ2v) is 5.92. The number of nitrogens with zero attached hydrogens (tertiary/aromatic N) is 4. The number of aromatic amines is 2. The lowest BCUT2D eigenvalue weighted by molar-refractivity contribution is 1.09. The zero-order chi connectivity index (χ0) is 12.7. The van der Waals surface area contributed by atoms with Gasteiger partial charge < -0.3 is 0 Å². The average molecular weight is 270 g/mol. The second kappa shape index (κ2) is 4.06. The van der Waals surface area contributed by atoms with Crippen LogP contribution in [0.15, 0.2) is 62.4 Å². The van der Waals surface area contributed by atoms with Gasteiger partial charge in [0.2, 0.25) is 0 Å². The van der Waals surface area contributed by atoms with Crippen molar-refractivity contribution in [2.75, 3.05) is 0 Å². The summed E-state index contributed by atoms with van der Waals surface area (Å²) in [7, 11) is 0. The Hall–Kier alpha value is -2.41. The molecule has 4 rings (SSSR count). The molecule has 3 heterocycles. The lowest BCUT2D eigenvalue weighted by atomic mass is 10.1. The molecule has 19 heavy (non-hydrogen) atoms. The van der Waals surface area contributed by atoms with Crippen LogP contribution in [0.5, 0.6) is 0 Å². The van der Waals surface area contributed by atoms with Crippen LogP contribution in [-0.4, -0.2) is 20.4 Å². The minimum absolute atomic E-state index is 0.777. The van der Waals surface area contributed by atoms with Crippen LogP contribution in [0.3, 0.4) is 0 Å². The minimum Gasteiger partial charge on any atom is -0.285 e. The first kappa shape index (κ1) is 10.5. The van der Waals surface area contributed by atoms with E-state index >= 15 is 0 Å². The largest absolute Gasteiger partial charge is 0.285 e. The van der Waals surface area contributed by atoms with Gasteiger partial charge in [-0.15, -0.1) is 9.63 Å². The second-order valence-electron chi connectivity index (χ2n) is 4.12. The van der Waals surface area contributed by atoms with E-state index in [0.717, 1.165) is 26.6 Å². The molecule has 7 heteroatoms. The smallest absolute Gasteiger partial charge is 0.108 e. The van der Waals surface area contributed by atoms with Crippen LogP contribution in [0, 0.1) is 0 Å². The van der Waals surface area contributed by atoms with E-state index in [1.807, 2.05) is 30.7 Å². The molecule has 2 N–H and O–H groups in total. The normalized spacial score (nSPS) is 18.6. The van der Waals surface area contributed by atoms with Gasteiger partial charge in [0.05, 0.1) is 12.4 Å². The van der Waals surface area contributed by atoms with Crippen molar-refractivity contribution >= 4 is 16.8 Å². The quantitative estimate of drug-likeness (QED) is 0.625. The van der Waals surface area contributed by atoms with Gasteiger partial charge in [0, 0.05) is 33.3 Å². The van der Waals surface area contributed by atoms with Gasteiger partial charge in [-0.05, 0) is 6.07 Å². The highest BCUT2D eigenvalue weighted by molar-refractivity contribution is 8.16. The van der Waals surface area contributed by atoms with Crippen molar-refractivity contribution in [2.24, 2.45) is 9.63 Å². The minimum atomic E-state index is -0.777. The van der Waals surface area contributed by atoms with Crippen LogP contribution in [-0.2, 0) is 0 Å². The van der Waals surface area contributed by atoms with Crippen molar-refractivity contribution in [2.45, 2.75) is 9.79 Å². The van der Waals surface area contributed by atoms with Gasteiger partial charge in [-0.2, -0.15) is 10.2 Å². The molecule has 6 nitrogen and oxygen atoms in total. The van der Waals surface area contributed by atoms with E-state index in [9.17, 15) is 0 Å². The molecule has 0 aliphatic carbocycles. The fourth-order valence-corrected chi connectivity index (χ4v) is 3.72. The van der Waals surface area contributed by atoms with Gasteiger partial charge in [-0.1, -0.05) is 23.2 Å². The van der Waals surface area contributed by atoms with Gasteiger partial charge >= 0.3 is 0 Å². The number of thiol groups is 1. The SMILES string of the molecule is c1cc(-c2cn[nH]c2)c2c(c1)[SH](c1cn[nH]c1)N=N2. The number of nitrogens with one attached hydrogen (secondary N) is 2. The first-order valence-electron chi connectivity index (χ1n) is 5.76. The van der Waals surface area contributed by atoms with Crippen LogP contribution in [0.4, 0.5) is 5.69 Å². The fourth-order valence-electron chi connectivity index (χ4n) is 2.13. The first-order chi connectivity index (χ1) is 9.43. The van der Waals surface area contributed by atoms with E-state index in [4.69, 9.17) is 0 Å². The number of hydrogen-bond acceptors (Lipinski definition) is 4. The number of fused-ring (bicyclic) bond motifs is 1. The summed E-state index contributed by atoms with van der Waals surface area (Å²) in [5, 5.41) is 18.0. The van der Waals surface area contributed by atoms with E-state index in [2.05, 4.69) is 36.1 Å². The van der Waals surface area contributed by atoms with Crippen LogP contribution in [0.2, 0.25) is 0 Å². The van der Waals surface area contributed by atoms with Gasteiger partial charge in [-0.3, -0.25) is 10.2 Å². The van der Waals surface area contributed by atoms with Crippen molar-refractivity contribution in [3.8, 4) is 11.1 Å². The predicted octanol–water partition coefficient (Wildman–Crippen LogP) is 3.23. The molecule has 0 saturated heterocycles. The fraction of sp³-hybridized carbons (Fsp3) is 0. The lowest BCUT2D eigenvalue weighted by Crippen LogP contribution is -1.80. The van der Waals surface area contributed by atoms with Crippen LogP contribution in [0.1, 0.15) is 0 Å². The summed E-state index contributed by atoms with van der Waals surface area (Å²) in [6.45, 7) is 0. The molecule has 1 aromatic carbocycles. The standard InChI is InChI=1S/C12H10N6S/c1-2-10(8-4-13-14-5-8)12-11(3-1)19(18-17-12)9-6-15-16-7-9/h1-7,19H,(H,13,14)(H,15,16). The van der Waals surface area contributed by atoms with Crippen molar-refractivity contribution < 1.29 is 0 Å². The summed E-state index contributed by atoms with van der Waals surface area (Å²) in [4.78, 5) is 2.25. The van der Waals surface area contributed by atoms with Gasteiger partial charge in [0.15, 0.2) is 0 Å². The molecule has 1 atom stereocenters. The Morgan fingerprint density at radius 3 is 2.68 bits per heavy atom. The molecule has 1 unspecified atom stereocenters. The highest BCUT2D eigenvalue weighted by Gasteiger charge is 2.22. The van der Waals surface area contributed by atoms with Crippen LogP contribution in [0.25, 0.3) is 11.1 Å². The monoisotopic (exact) mass is 270 g/mol. The Kier molecular flexibility index (Phi) is 2.25. The highest BCUT2D eigenvalue weighted by Crippen LogP contribution is 2.57. The van der Waals surface area contributed by atoms with Crippen LogP contribution < -0.4 is 0 Å². The van der Waals surface area contributed by atoms with E-state index in [-0.39, 0.29) is 0 Å². The molecule has 0 spiro atoms. The highest BCUT2D eigenvalue weighted by atomic mass is 32.2. The van der Waals surface area contributed by atoms with Gasteiger partial charge in [-0.25, -0.2) is 0 Å². The molecule has 2 aromatic heterocycles. The topological polar surface area (TPSA) is 82.1 Å². The summed E-state index contributed by atoms with van der Waals surface area (Å²) in [5.41, 5.74) is 3.03. The molecular formula is C12H10N6S. The number of rotatable bonds is 2. The third-order valence-corrected chi connectivity index (χ3v) is 4.83. The van der Waals surface area contributed by atoms with Gasteiger partial charge in [0.1, 0.15) is 5.69 Å².